The molecule has 2 N–H and O–H groups in total. The van der Waals surface area contributed by atoms with Crippen LogP contribution in [0.3, 0.4) is 0 Å². The van der Waals surface area contributed by atoms with Crippen LogP contribution in [0.1, 0.15) is 24.2 Å². The Kier molecular flexibility index (Phi) is 4.33. The largest absolute Gasteiger partial charge is 0.487 e. The van der Waals surface area contributed by atoms with Crippen molar-refractivity contribution in [3.63, 3.8) is 0 Å². The number of halogens is 1. The van der Waals surface area contributed by atoms with E-state index in [4.69, 9.17) is 10.5 Å². The minimum atomic E-state index is -0.0504. The van der Waals surface area contributed by atoms with Gasteiger partial charge in [0.05, 0.1) is 11.9 Å². The predicted octanol–water partition coefficient (Wildman–Crippen LogP) is 3.44. The first-order valence-corrected chi connectivity index (χ1v) is 6.53. The van der Waals surface area contributed by atoms with Crippen LogP contribution < -0.4 is 10.5 Å². The molecule has 18 heavy (non-hydrogen) atoms. The lowest BCUT2D eigenvalue weighted by atomic mass is 10.2. The molecule has 1 aromatic heterocycles. The molecule has 2 aromatic rings. The third-order valence-electron chi connectivity index (χ3n) is 2.54. The number of nitrogens with zero attached hydrogens (tertiary/aromatic N) is 1. The fraction of sp³-hybridized carbons (Fsp3) is 0.214. The number of nitrogens with two attached hydrogens (primary N) is 1. The zero-order valence-electron chi connectivity index (χ0n) is 10.1. The van der Waals surface area contributed by atoms with Crippen LogP contribution in [-0.2, 0) is 6.61 Å². The Morgan fingerprint density at radius 3 is 2.50 bits per heavy atom. The molecule has 0 unspecified atom stereocenters. The molecule has 1 aromatic carbocycles. The number of hydrogen-bond acceptors (Lipinski definition) is 3. The van der Waals surface area contributed by atoms with Crippen molar-refractivity contribution in [1.82, 2.24) is 4.98 Å². The minimum Gasteiger partial charge on any atom is -0.487 e. The standard InChI is InChI=1S/C14H15BrN2O/c1-10(16)14-7-6-13(8-17-14)18-9-11-2-4-12(15)5-3-11/h2-8,10H,9,16H2,1H3/t10-/m1/s1. The van der Waals surface area contributed by atoms with E-state index in [1.807, 2.05) is 43.3 Å². The molecule has 0 amide bonds. The van der Waals surface area contributed by atoms with Crippen molar-refractivity contribution in [2.75, 3.05) is 0 Å². The van der Waals surface area contributed by atoms with Gasteiger partial charge in [0, 0.05) is 10.5 Å². The molecule has 4 heteroatoms. The molecule has 2 rings (SSSR count). The maximum atomic E-state index is 5.74. The normalized spacial score (nSPS) is 12.2. The number of aromatic nitrogens is 1. The summed E-state index contributed by atoms with van der Waals surface area (Å²) in [6.07, 6.45) is 1.71. The van der Waals surface area contributed by atoms with Crippen molar-refractivity contribution < 1.29 is 4.74 Å². The molecular formula is C14H15BrN2O. The Bertz CT molecular complexity index is 494. The van der Waals surface area contributed by atoms with Crippen molar-refractivity contribution in [1.29, 1.82) is 0 Å². The van der Waals surface area contributed by atoms with Gasteiger partial charge in [-0.1, -0.05) is 28.1 Å². The van der Waals surface area contributed by atoms with Crippen LogP contribution in [0.2, 0.25) is 0 Å². The molecule has 0 radical (unpaired) electrons. The zero-order valence-corrected chi connectivity index (χ0v) is 11.7. The van der Waals surface area contributed by atoms with E-state index in [0.717, 1.165) is 21.5 Å². The summed E-state index contributed by atoms with van der Waals surface area (Å²) in [6.45, 7) is 2.44. The van der Waals surface area contributed by atoms with E-state index in [2.05, 4.69) is 20.9 Å². The maximum absolute atomic E-state index is 5.74. The highest BCUT2D eigenvalue weighted by molar-refractivity contribution is 9.10. The molecule has 0 bridgehead atoms. The molecule has 0 spiro atoms. The molecule has 0 saturated heterocycles. The number of rotatable bonds is 4. The number of pyridine rings is 1. The van der Waals surface area contributed by atoms with Gasteiger partial charge in [0.25, 0.3) is 0 Å². The topological polar surface area (TPSA) is 48.1 Å². The molecule has 0 aliphatic heterocycles. The lowest BCUT2D eigenvalue weighted by molar-refractivity contribution is 0.304. The predicted molar refractivity (Wildman–Crippen MR) is 75.3 cm³/mol. The van der Waals surface area contributed by atoms with Crippen LogP contribution in [0.25, 0.3) is 0 Å². The molecule has 0 fully saturated rings. The summed E-state index contributed by atoms with van der Waals surface area (Å²) in [7, 11) is 0. The highest BCUT2D eigenvalue weighted by atomic mass is 79.9. The third-order valence-corrected chi connectivity index (χ3v) is 3.07. The third kappa shape index (κ3) is 3.55. The van der Waals surface area contributed by atoms with E-state index >= 15 is 0 Å². The summed E-state index contributed by atoms with van der Waals surface area (Å²) in [5.74, 6) is 0.752. The van der Waals surface area contributed by atoms with Crippen LogP contribution in [0.5, 0.6) is 5.75 Å². The van der Waals surface area contributed by atoms with Gasteiger partial charge >= 0.3 is 0 Å². The Hall–Kier alpha value is -1.39. The first kappa shape index (κ1) is 13.1. The minimum absolute atomic E-state index is 0.0504. The first-order valence-electron chi connectivity index (χ1n) is 5.74. The second-order valence-corrected chi connectivity index (χ2v) is 5.04. The number of hydrogen-bond donors (Lipinski definition) is 1. The summed E-state index contributed by atoms with van der Waals surface area (Å²) in [5, 5.41) is 0. The van der Waals surface area contributed by atoms with Gasteiger partial charge in [-0.3, -0.25) is 4.98 Å². The fourth-order valence-electron chi connectivity index (χ4n) is 1.49. The summed E-state index contributed by atoms with van der Waals surface area (Å²) >= 11 is 3.40. The van der Waals surface area contributed by atoms with Crippen LogP contribution >= 0.6 is 15.9 Å². The van der Waals surface area contributed by atoms with E-state index in [-0.39, 0.29) is 6.04 Å². The Labute approximate surface area is 115 Å². The smallest absolute Gasteiger partial charge is 0.138 e. The summed E-state index contributed by atoms with van der Waals surface area (Å²) < 4.78 is 6.71. The maximum Gasteiger partial charge on any atom is 0.138 e. The molecular weight excluding hydrogens is 292 g/mol. The van der Waals surface area contributed by atoms with Crippen LogP contribution in [-0.4, -0.2) is 4.98 Å². The summed E-state index contributed by atoms with van der Waals surface area (Å²) in [5.41, 5.74) is 7.72. The molecule has 0 saturated carbocycles. The van der Waals surface area contributed by atoms with Gasteiger partial charge in [-0.15, -0.1) is 0 Å². The van der Waals surface area contributed by atoms with E-state index in [1.165, 1.54) is 0 Å². The van der Waals surface area contributed by atoms with Crippen LogP contribution in [0.4, 0.5) is 0 Å². The summed E-state index contributed by atoms with van der Waals surface area (Å²) in [4.78, 5) is 4.25. The van der Waals surface area contributed by atoms with E-state index in [9.17, 15) is 0 Å². The van der Waals surface area contributed by atoms with Crippen molar-refractivity contribution in [2.24, 2.45) is 5.73 Å². The second-order valence-electron chi connectivity index (χ2n) is 4.12. The highest BCUT2D eigenvalue weighted by Gasteiger charge is 2.01. The van der Waals surface area contributed by atoms with Gasteiger partial charge in [-0.05, 0) is 36.8 Å². The number of benzene rings is 1. The molecule has 1 heterocycles. The van der Waals surface area contributed by atoms with Crippen molar-refractivity contribution >= 4 is 15.9 Å². The number of ether oxygens (including phenoxy) is 1. The first-order chi connectivity index (χ1) is 8.65. The fourth-order valence-corrected chi connectivity index (χ4v) is 1.76. The van der Waals surface area contributed by atoms with Gasteiger partial charge in [-0.25, -0.2) is 0 Å². The monoisotopic (exact) mass is 306 g/mol. The van der Waals surface area contributed by atoms with E-state index in [0.29, 0.717) is 6.61 Å². The molecule has 94 valence electrons. The molecule has 0 aliphatic rings. The Balaban J connectivity index is 1.95. The van der Waals surface area contributed by atoms with Gasteiger partial charge < -0.3 is 10.5 Å². The van der Waals surface area contributed by atoms with Gasteiger partial charge in [-0.2, -0.15) is 0 Å². The summed E-state index contributed by atoms with van der Waals surface area (Å²) in [6, 6.07) is 11.8. The van der Waals surface area contributed by atoms with E-state index in [1.54, 1.807) is 6.20 Å². The molecule has 1 atom stereocenters. The van der Waals surface area contributed by atoms with Crippen molar-refractivity contribution in [3.8, 4) is 5.75 Å². The van der Waals surface area contributed by atoms with E-state index < -0.39 is 0 Å². The second kappa shape index (κ2) is 5.98. The van der Waals surface area contributed by atoms with Gasteiger partial charge in [0.1, 0.15) is 12.4 Å². The van der Waals surface area contributed by atoms with Gasteiger partial charge in [0.2, 0.25) is 0 Å². The molecule has 0 aliphatic carbocycles. The molecule has 3 nitrogen and oxygen atoms in total. The quantitative estimate of drug-likeness (QED) is 0.941. The average Bonchev–Trinajstić information content (AvgIpc) is 2.38. The Morgan fingerprint density at radius 2 is 1.94 bits per heavy atom. The van der Waals surface area contributed by atoms with Crippen molar-refractivity contribution in [3.05, 3.63) is 58.3 Å². The van der Waals surface area contributed by atoms with Gasteiger partial charge in [0.15, 0.2) is 0 Å². The van der Waals surface area contributed by atoms with Crippen LogP contribution in [0, 0.1) is 0 Å². The lowest BCUT2D eigenvalue weighted by Gasteiger charge is -2.08. The van der Waals surface area contributed by atoms with Crippen molar-refractivity contribution in [2.45, 2.75) is 19.6 Å². The average molecular weight is 307 g/mol. The zero-order chi connectivity index (χ0) is 13.0. The Morgan fingerprint density at radius 1 is 1.22 bits per heavy atom. The van der Waals surface area contributed by atoms with Crippen LogP contribution in [0.15, 0.2) is 47.1 Å². The SMILES string of the molecule is C[C@@H](N)c1ccc(OCc2ccc(Br)cc2)cn1. The lowest BCUT2D eigenvalue weighted by Crippen LogP contribution is -2.07. The highest BCUT2D eigenvalue weighted by Crippen LogP contribution is 2.15.